The molecule has 0 aromatic heterocycles. The van der Waals surface area contributed by atoms with E-state index in [-0.39, 0.29) is 24.8 Å². The first-order valence-corrected chi connectivity index (χ1v) is 9.81. The van der Waals surface area contributed by atoms with Gasteiger partial charge < -0.3 is 15.4 Å². The molecule has 0 bridgehead atoms. The second kappa shape index (κ2) is 10.5. The summed E-state index contributed by atoms with van der Waals surface area (Å²) in [6.07, 6.45) is 5.48. The van der Waals surface area contributed by atoms with Crippen molar-refractivity contribution >= 4 is 51.0 Å². The third-order valence-corrected chi connectivity index (χ3v) is 4.90. The van der Waals surface area contributed by atoms with E-state index in [1.165, 1.54) is 6.42 Å². The number of amides is 2. The van der Waals surface area contributed by atoms with Crippen LogP contribution in [-0.4, -0.2) is 30.4 Å². The Balaban J connectivity index is 1.64. The molecule has 1 saturated carbocycles. The topological polar surface area (TPSA) is 84.5 Å². The smallest absolute Gasteiger partial charge is 0.306 e. The van der Waals surface area contributed by atoms with Crippen LogP contribution in [0.3, 0.4) is 0 Å². The Morgan fingerprint density at radius 2 is 1.85 bits per heavy atom. The molecule has 0 unspecified atom stereocenters. The molecule has 1 fully saturated rings. The summed E-state index contributed by atoms with van der Waals surface area (Å²) >= 11 is 9.28. The lowest BCUT2D eigenvalue weighted by Gasteiger charge is -2.22. The van der Waals surface area contributed by atoms with Gasteiger partial charge in [0.25, 0.3) is 5.91 Å². The second-order valence-electron chi connectivity index (χ2n) is 6.24. The molecular weight excluding hydrogens is 424 g/mol. The van der Waals surface area contributed by atoms with Crippen molar-refractivity contribution in [2.24, 2.45) is 0 Å². The predicted octanol–water partition coefficient (Wildman–Crippen LogP) is 3.81. The Bertz CT molecular complexity index is 663. The first kappa shape index (κ1) is 20.7. The molecule has 2 N–H and O–H groups in total. The number of esters is 1. The third kappa shape index (κ3) is 7.33. The van der Waals surface area contributed by atoms with Gasteiger partial charge in [-0.15, -0.1) is 0 Å². The Labute approximate surface area is 166 Å². The lowest BCUT2D eigenvalue weighted by Crippen LogP contribution is -2.36. The predicted molar refractivity (Wildman–Crippen MR) is 103 cm³/mol. The summed E-state index contributed by atoms with van der Waals surface area (Å²) in [6.45, 7) is -0.421. The highest BCUT2D eigenvalue weighted by atomic mass is 79.9. The number of carbonyl (C=O) groups is 3. The number of hydrogen-bond donors (Lipinski definition) is 2. The van der Waals surface area contributed by atoms with E-state index >= 15 is 0 Å². The zero-order valence-corrected chi connectivity index (χ0v) is 16.7. The van der Waals surface area contributed by atoms with Crippen LogP contribution in [0.25, 0.3) is 0 Å². The van der Waals surface area contributed by atoms with Crippen LogP contribution in [0.4, 0.5) is 5.69 Å². The van der Waals surface area contributed by atoms with Gasteiger partial charge in [-0.2, -0.15) is 0 Å². The average molecular weight is 446 g/mol. The number of anilines is 1. The van der Waals surface area contributed by atoms with Crippen LogP contribution in [0.1, 0.15) is 44.9 Å². The fourth-order valence-corrected chi connectivity index (χ4v) is 3.48. The molecule has 2 amide bonds. The van der Waals surface area contributed by atoms with E-state index in [0.29, 0.717) is 10.7 Å². The molecule has 0 spiro atoms. The van der Waals surface area contributed by atoms with Crippen molar-refractivity contribution in [3.63, 3.8) is 0 Å². The van der Waals surface area contributed by atoms with Crippen molar-refractivity contribution in [2.75, 3.05) is 11.9 Å². The zero-order chi connectivity index (χ0) is 18.9. The maximum Gasteiger partial charge on any atom is 0.306 e. The van der Waals surface area contributed by atoms with Crippen LogP contribution in [0, 0.1) is 0 Å². The number of hydrogen-bond acceptors (Lipinski definition) is 4. The molecule has 0 atom stereocenters. The van der Waals surface area contributed by atoms with E-state index < -0.39 is 18.5 Å². The molecule has 1 aromatic carbocycles. The maximum atomic E-state index is 11.8. The fourth-order valence-electron chi connectivity index (χ4n) is 2.76. The summed E-state index contributed by atoms with van der Waals surface area (Å²) in [5, 5.41) is 5.88. The molecule has 0 aliphatic heterocycles. The molecular formula is C18H22BrClN2O4. The Morgan fingerprint density at radius 3 is 2.54 bits per heavy atom. The normalized spacial score (nSPS) is 14.5. The van der Waals surface area contributed by atoms with Gasteiger partial charge in [-0.1, -0.05) is 46.8 Å². The SMILES string of the molecule is O=C(COC(=O)CCC(=O)NC1CCCCC1)Nc1ccc(Br)cc1Cl. The van der Waals surface area contributed by atoms with Crippen LogP contribution in [0.5, 0.6) is 0 Å². The number of ether oxygens (including phenoxy) is 1. The molecule has 1 aliphatic carbocycles. The summed E-state index contributed by atoms with van der Waals surface area (Å²) < 4.78 is 5.69. The molecule has 1 aromatic rings. The average Bonchev–Trinajstić information content (AvgIpc) is 2.61. The molecule has 2 rings (SSSR count). The summed E-state index contributed by atoms with van der Waals surface area (Å²) in [6, 6.07) is 5.24. The van der Waals surface area contributed by atoms with Crippen LogP contribution < -0.4 is 10.6 Å². The standard InChI is InChI=1S/C18H22BrClN2O4/c19-12-6-7-15(14(20)10-12)22-17(24)11-26-18(25)9-8-16(23)21-13-4-2-1-3-5-13/h6-7,10,13H,1-5,8-9,11H2,(H,21,23)(H,22,24). The molecule has 8 heteroatoms. The van der Waals surface area contributed by atoms with Crippen molar-refractivity contribution in [3.8, 4) is 0 Å². The molecule has 6 nitrogen and oxygen atoms in total. The number of halogens is 2. The quantitative estimate of drug-likeness (QED) is 0.625. The van der Waals surface area contributed by atoms with Gasteiger partial charge in [0.05, 0.1) is 17.1 Å². The van der Waals surface area contributed by atoms with Crippen LogP contribution in [0.2, 0.25) is 5.02 Å². The van der Waals surface area contributed by atoms with Gasteiger partial charge >= 0.3 is 5.97 Å². The fraction of sp³-hybridized carbons (Fsp3) is 0.500. The number of rotatable bonds is 7. The highest BCUT2D eigenvalue weighted by molar-refractivity contribution is 9.10. The van der Waals surface area contributed by atoms with E-state index in [1.807, 2.05) is 0 Å². The van der Waals surface area contributed by atoms with Crippen molar-refractivity contribution in [1.82, 2.24) is 5.32 Å². The van der Waals surface area contributed by atoms with E-state index in [0.717, 1.165) is 30.2 Å². The van der Waals surface area contributed by atoms with Crippen molar-refractivity contribution in [1.29, 1.82) is 0 Å². The summed E-state index contributed by atoms with van der Waals surface area (Å²) in [5.41, 5.74) is 0.433. The molecule has 142 valence electrons. The Morgan fingerprint density at radius 1 is 1.12 bits per heavy atom. The first-order chi connectivity index (χ1) is 12.4. The monoisotopic (exact) mass is 444 g/mol. The molecule has 0 heterocycles. The zero-order valence-electron chi connectivity index (χ0n) is 14.4. The largest absolute Gasteiger partial charge is 0.456 e. The van der Waals surface area contributed by atoms with Crippen LogP contribution in [0.15, 0.2) is 22.7 Å². The van der Waals surface area contributed by atoms with Crippen LogP contribution >= 0.6 is 27.5 Å². The molecule has 0 saturated heterocycles. The van der Waals surface area contributed by atoms with E-state index in [9.17, 15) is 14.4 Å². The second-order valence-corrected chi connectivity index (χ2v) is 7.56. The van der Waals surface area contributed by atoms with Crippen molar-refractivity contribution in [3.05, 3.63) is 27.7 Å². The first-order valence-electron chi connectivity index (χ1n) is 8.64. The van der Waals surface area contributed by atoms with Gasteiger partial charge in [-0.05, 0) is 31.0 Å². The molecule has 26 heavy (non-hydrogen) atoms. The van der Waals surface area contributed by atoms with Gasteiger partial charge in [-0.3, -0.25) is 14.4 Å². The van der Waals surface area contributed by atoms with Gasteiger partial charge in [0, 0.05) is 16.9 Å². The van der Waals surface area contributed by atoms with E-state index in [4.69, 9.17) is 16.3 Å². The molecule has 1 aliphatic rings. The number of carbonyl (C=O) groups excluding carboxylic acids is 3. The summed E-state index contributed by atoms with van der Waals surface area (Å²) in [7, 11) is 0. The minimum absolute atomic E-state index is 0.0507. The minimum Gasteiger partial charge on any atom is -0.456 e. The number of nitrogens with one attached hydrogen (secondary N) is 2. The summed E-state index contributed by atoms with van der Waals surface area (Å²) in [4.78, 5) is 35.4. The van der Waals surface area contributed by atoms with Gasteiger partial charge in [0.15, 0.2) is 6.61 Å². The lowest BCUT2D eigenvalue weighted by atomic mass is 9.95. The summed E-state index contributed by atoms with van der Waals surface area (Å²) in [5.74, 6) is -1.23. The van der Waals surface area contributed by atoms with Crippen molar-refractivity contribution < 1.29 is 19.1 Å². The van der Waals surface area contributed by atoms with E-state index in [2.05, 4.69) is 26.6 Å². The van der Waals surface area contributed by atoms with Crippen molar-refractivity contribution in [2.45, 2.75) is 51.0 Å². The molecule has 0 radical (unpaired) electrons. The van der Waals surface area contributed by atoms with Gasteiger partial charge in [0.1, 0.15) is 0 Å². The maximum absolute atomic E-state index is 11.8. The van der Waals surface area contributed by atoms with E-state index in [1.54, 1.807) is 18.2 Å². The third-order valence-electron chi connectivity index (χ3n) is 4.10. The number of benzene rings is 1. The Hall–Kier alpha value is -1.60. The van der Waals surface area contributed by atoms with Crippen LogP contribution in [-0.2, 0) is 19.1 Å². The Kier molecular flexibility index (Phi) is 8.38. The highest BCUT2D eigenvalue weighted by Gasteiger charge is 2.17. The van der Waals surface area contributed by atoms with Gasteiger partial charge in [0.2, 0.25) is 5.91 Å². The minimum atomic E-state index is -0.583. The highest BCUT2D eigenvalue weighted by Crippen LogP contribution is 2.25. The lowest BCUT2D eigenvalue weighted by molar-refractivity contribution is -0.148. The van der Waals surface area contributed by atoms with Gasteiger partial charge in [-0.25, -0.2) is 0 Å².